The number of carbonyl (C=O) groups is 1. The molecule has 0 spiro atoms. The largest absolute Gasteiger partial charge is 0.376 e. The Kier molecular flexibility index (Phi) is 5.60. The smallest absolute Gasteiger partial charge is 0.255 e. The predicted octanol–water partition coefficient (Wildman–Crippen LogP) is 2.36. The van der Waals surface area contributed by atoms with Gasteiger partial charge >= 0.3 is 0 Å². The lowest BCUT2D eigenvalue weighted by Gasteiger charge is -2.25. The van der Waals surface area contributed by atoms with Gasteiger partial charge in [-0.25, -0.2) is 4.98 Å². The van der Waals surface area contributed by atoms with Crippen LogP contribution < -0.4 is 4.90 Å². The first-order chi connectivity index (χ1) is 12.1. The summed E-state index contributed by atoms with van der Waals surface area (Å²) in [5, 5.41) is 0. The van der Waals surface area contributed by atoms with Crippen molar-refractivity contribution in [3.8, 4) is 0 Å². The van der Waals surface area contributed by atoms with Gasteiger partial charge < -0.3 is 14.5 Å². The first kappa shape index (κ1) is 17.4. The van der Waals surface area contributed by atoms with Crippen LogP contribution in [-0.4, -0.2) is 54.1 Å². The molecule has 3 heterocycles. The van der Waals surface area contributed by atoms with Crippen molar-refractivity contribution in [1.82, 2.24) is 14.9 Å². The SMILES string of the molecule is CN(C)c1ccc(C(=O)N(Cc2cccnc2)CC2CCCO2)cn1. The van der Waals surface area contributed by atoms with Crippen molar-refractivity contribution < 1.29 is 9.53 Å². The lowest BCUT2D eigenvalue weighted by Crippen LogP contribution is -2.37. The van der Waals surface area contributed by atoms with Crippen LogP contribution in [0, 0.1) is 0 Å². The predicted molar refractivity (Wildman–Crippen MR) is 96.5 cm³/mol. The van der Waals surface area contributed by atoms with Crippen molar-refractivity contribution in [3.05, 3.63) is 54.0 Å². The van der Waals surface area contributed by atoms with Crippen molar-refractivity contribution in [2.45, 2.75) is 25.5 Å². The van der Waals surface area contributed by atoms with Crippen molar-refractivity contribution in [1.29, 1.82) is 0 Å². The molecule has 1 unspecified atom stereocenters. The minimum Gasteiger partial charge on any atom is -0.376 e. The van der Waals surface area contributed by atoms with E-state index in [9.17, 15) is 4.79 Å². The average molecular weight is 340 g/mol. The van der Waals surface area contributed by atoms with Gasteiger partial charge in [0.25, 0.3) is 5.91 Å². The van der Waals surface area contributed by atoms with Crippen molar-refractivity contribution in [3.63, 3.8) is 0 Å². The number of hydrogen-bond donors (Lipinski definition) is 0. The number of nitrogens with zero attached hydrogens (tertiary/aromatic N) is 4. The van der Waals surface area contributed by atoms with Crippen LogP contribution in [-0.2, 0) is 11.3 Å². The third kappa shape index (κ3) is 4.54. The standard InChI is InChI=1S/C19H24N4O2/c1-22(2)18-8-7-16(12-21-18)19(24)23(14-17-6-4-10-25-17)13-15-5-3-9-20-11-15/h3,5,7-9,11-12,17H,4,6,10,13-14H2,1-2H3. The highest BCUT2D eigenvalue weighted by atomic mass is 16.5. The van der Waals surface area contributed by atoms with Gasteiger partial charge in [-0.1, -0.05) is 6.07 Å². The number of aromatic nitrogens is 2. The number of pyridine rings is 2. The zero-order valence-electron chi connectivity index (χ0n) is 14.8. The lowest BCUT2D eigenvalue weighted by atomic mass is 10.1. The fraction of sp³-hybridized carbons (Fsp3) is 0.421. The molecule has 2 aromatic heterocycles. The molecule has 2 aromatic rings. The van der Waals surface area contributed by atoms with Gasteiger partial charge in [-0.3, -0.25) is 9.78 Å². The summed E-state index contributed by atoms with van der Waals surface area (Å²) in [4.78, 5) is 25.3. The maximum absolute atomic E-state index is 13.0. The highest BCUT2D eigenvalue weighted by Crippen LogP contribution is 2.18. The normalized spacial score (nSPS) is 16.6. The summed E-state index contributed by atoms with van der Waals surface area (Å²) in [6.45, 7) is 1.88. The summed E-state index contributed by atoms with van der Waals surface area (Å²) >= 11 is 0. The first-order valence-corrected chi connectivity index (χ1v) is 8.56. The van der Waals surface area contributed by atoms with Crippen LogP contribution in [0.1, 0.15) is 28.8 Å². The number of hydrogen-bond acceptors (Lipinski definition) is 5. The number of carbonyl (C=O) groups excluding carboxylic acids is 1. The van der Waals surface area contributed by atoms with Crippen molar-refractivity contribution in [2.75, 3.05) is 32.1 Å². The maximum Gasteiger partial charge on any atom is 0.255 e. The third-order valence-corrected chi connectivity index (χ3v) is 4.28. The monoisotopic (exact) mass is 340 g/mol. The van der Waals surface area contributed by atoms with E-state index in [1.54, 1.807) is 18.6 Å². The highest BCUT2D eigenvalue weighted by Gasteiger charge is 2.24. The lowest BCUT2D eigenvalue weighted by molar-refractivity contribution is 0.0507. The van der Waals surface area contributed by atoms with E-state index < -0.39 is 0 Å². The molecule has 1 amide bonds. The van der Waals surface area contributed by atoms with Gasteiger partial charge in [0.1, 0.15) is 5.82 Å². The van der Waals surface area contributed by atoms with Gasteiger partial charge in [-0.15, -0.1) is 0 Å². The van der Waals surface area contributed by atoms with Crippen LogP contribution in [0.2, 0.25) is 0 Å². The molecule has 3 rings (SSSR count). The van der Waals surface area contributed by atoms with E-state index in [0.29, 0.717) is 18.7 Å². The number of rotatable bonds is 6. The Morgan fingerprint density at radius 3 is 2.76 bits per heavy atom. The van der Waals surface area contributed by atoms with Gasteiger partial charge in [0, 0.05) is 52.4 Å². The summed E-state index contributed by atoms with van der Waals surface area (Å²) in [6.07, 6.45) is 7.33. The molecule has 1 atom stereocenters. The van der Waals surface area contributed by atoms with Gasteiger partial charge in [0.15, 0.2) is 0 Å². The second kappa shape index (κ2) is 8.07. The number of amides is 1. The molecular weight excluding hydrogens is 316 g/mol. The van der Waals surface area contributed by atoms with E-state index in [0.717, 1.165) is 30.8 Å². The zero-order valence-corrected chi connectivity index (χ0v) is 14.8. The molecule has 132 valence electrons. The quantitative estimate of drug-likeness (QED) is 0.808. The fourth-order valence-electron chi connectivity index (χ4n) is 2.93. The summed E-state index contributed by atoms with van der Waals surface area (Å²) in [5.41, 5.74) is 1.60. The number of ether oxygens (including phenoxy) is 1. The Hall–Kier alpha value is -2.47. The molecule has 1 saturated heterocycles. The van der Waals surface area contributed by atoms with E-state index in [2.05, 4.69) is 9.97 Å². The minimum absolute atomic E-state index is 0.0304. The first-order valence-electron chi connectivity index (χ1n) is 8.56. The molecule has 0 radical (unpaired) electrons. The van der Waals surface area contributed by atoms with Crippen molar-refractivity contribution in [2.24, 2.45) is 0 Å². The zero-order chi connectivity index (χ0) is 17.6. The van der Waals surface area contributed by atoms with Crippen LogP contribution >= 0.6 is 0 Å². The molecular formula is C19H24N4O2. The summed E-state index contributed by atoms with van der Waals surface area (Å²) in [5.74, 6) is 0.798. The molecule has 0 aromatic carbocycles. The van der Waals surface area contributed by atoms with E-state index in [-0.39, 0.29) is 12.0 Å². The molecule has 0 saturated carbocycles. The molecule has 1 aliphatic heterocycles. The van der Waals surface area contributed by atoms with E-state index >= 15 is 0 Å². The van der Waals surface area contributed by atoms with Crippen LogP contribution in [0.4, 0.5) is 5.82 Å². The molecule has 0 bridgehead atoms. The fourth-order valence-corrected chi connectivity index (χ4v) is 2.93. The van der Waals surface area contributed by atoms with Gasteiger partial charge in [-0.05, 0) is 36.6 Å². The van der Waals surface area contributed by atoms with E-state index in [4.69, 9.17) is 4.74 Å². The van der Waals surface area contributed by atoms with Crippen LogP contribution in [0.5, 0.6) is 0 Å². The Morgan fingerprint density at radius 2 is 2.16 bits per heavy atom. The Balaban J connectivity index is 1.77. The highest BCUT2D eigenvalue weighted by molar-refractivity contribution is 5.94. The minimum atomic E-state index is -0.0304. The summed E-state index contributed by atoms with van der Waals surface area (Å²) in [6, 6.07) is 7.56. The summed E-state index contributed by atoms with van der Waals surface area (Å²) in [7, 11) is 3.85. The average Bonchev–Trinajstić information content (AvgIpc) is 3.14. The van der Waals surface area contributed by atoms with Crippen LogP contribution in [0.3, 0.4) is 0 Å². The molecule has 6 nitrogen and oxygen atoms in total. The van der Waals surface area contributed by atoms with Crippen LogP contribution in [0.15, 0.2) is 42.9 Å². The van der Waals surface area contributed by atoms with Crippen LogP contribution in [0.25, 0.3) is 0 Å². The second-order valence-corrected chi connectivity index (χ2v) is 6.48. The van der Waals surface area contributed by atoms with Gasteiger partial charge in [-0.2, -0.15) is 0 Å². The maximum atomic E-state index is 13.0. The molecule has 1 fully saturated rings. The molecule has 6 heteroatoms. The van der Waals surface area contributed by atoms with E-state index in [1.807, 2.05) is 48.2 Å². The number of anilines is 1. The molecule has 0 aliphatic carbocycles. The molecule has 25 heavy (non-hydrogen) atoms. The summed E-state index contributed by atoms with van der Waals surface area (Å²) < 4.78 is 5.73. The second-order valence-electron chi connectivity index (χ2n) is 6.48. The van der Waals surface area contributed by atoms with Gasteiger partial charge in [0.05, 0.1) is 11.7 Å². The topological polar surface area (TPSA) is 58.6 Å². The molecule has 0 N–H and O–H groups in total. The third-order valence-electron chi connectivity index (χ3n) is 4.28. The van der Waals surface area contributed by atoms with Crippen molar-refractivity contribution >= 4 is 11.7 Å². The van der Waals surface area contributed by atoms with E-state index in [1.165, 1.54) is 0 Å². The Bertz CT molecular complexity index is 682. The Labute approximate surface area is 148 Å². The Morgan fingerprint density at radius 1 is 1.28 bits per heavy atom. The molecule has 1 aliphatic rings. The van der Waals surface area contributed by atoms with Gasteiger partial charge in [0.2, 0.25) is 0 Å².